The van der Waals surface area contributed by atoms with Gasteiger partial charge in [-0.05, 0) is 43.3 Å². The number of furan rings is 1. The van der Waals surface area contributed by atoms with Crippen LogP contribution in [0.3, 0.4) is 0 Å². The average Bonchev–Trinajstić information content (AvgIpc) is 2.81. The molecule has 3 aromatic rings. The number of aromatic nitrogens is 1. The monoisotopic (exact) mass is 272 g/mol. The number of nitrogens with zero attached hydrogens (tertiary/aromatic N) is 1. The molecule has 0 aliphatic heterocycles. The van der Waals surface area contributed by atoms with Gasteiger partial charge in [-0.2, -0.15) is 0 Å². The zero-order valence-corrected chi connectivity index (χ0v) is 11.2. The lowest BCUT2D eigenvalue weighted by Crippen LogP contribution is -1.99. The van der Waals surface area contributed by atoms with Gasteiger partial charge in [-0.15, -0.1) is 0 Å². The molecule has 0 unspecified atom stereocenters. The van der Waals surface area contributed by atoms with Crippen molar-refractivity contribution in [2.75, 3.05) is 5.32 Å². The van der Waals surface area contributed by atoms with Gasteiger partial charge in [0.15, 0.2) is 0 Å². The topological polar surface area (TPSA) is 38.1 Å². The second kappa shape index (κ2) is 4.94. The smallest absolute Gasteiger partial charge is 0.123 e. The van der Waals surface area contributed by atoms with Gasteiger partial charge in [-0.25, -0.2) is 0 Å². The molecule has 3 rings (SSSR count). The molecule has 19 heavy (non-hydrogen) atoms. The van der Waals surface area contributed by atoms with Crippen molar-refractivity contribution in [1.82, 2.24) is 4.98 Å². The summed E-state index contributed by atoms with van der Waals surface area (Å²) >= 11 is 5.97. The van der Waals surface area contributed by atoms with Crippen LogP contribution in [0, 0.1) is 6.92 Å². The molecular weight excluding hydrogens is 260 g/mol. The van der Waals surface area contributed by atoms with E-state index in [1.54, 1.807) is 6.20 Å². The van der Waals surface area contributed by atoms with Crippen LogP contribution in [-0.4, -0.2) is 4.98 Å². The number of anilines is 1. The number of hydrogen-bond donors (Lipinski definition) is 1. The minimum Gasteiger partial charge on any atom is -0.465 e. The third kappa shape index (κ3) is 2.56. The molecule has 0 aliphatic carbocycles. The van der Waals surface area contributed by atoms with E-state index in [0.717, 1.165) is 28.1 Å². The van der Waals surface area contributed by atoms with Crippen LogP contribution in [0.4, 0.5) is 5.69 Å². The van der Waals surface area contributed by atoms with Gasteiger partial charge in [0.25, 0.3) is 0 Å². The molecule has 0 fully saturated rings. The summed E-state index contributed by atoms with van der Waals surface area (Å²) in [6, 6.07) is 11.6. The number of rotatable bonds is 3. The van der Waals surface area contributed by atoms with E-state index in [0.29, 0.717) is 11.6 Å². The molecular formula is C15H13ClN2O. The van der Waals surface area contributed by atoms with E-state index in [2.05, 4.69) is 10.3 Å². The first-order valence-electron chi connectivity index (χ1n) is 6.06. The molecule has 1 aromatic carbocycles. The van der Waals surface area contributed by atoms with Crippen LogP contribution in [0.5, 0.6) is 0 Å². The second-order valence-electron chi connectivity index (χ2n) is 4.39. The lowest BCUT2D eigenvalue weighted by Gasteiger charge is -2.08. The minimum atomic E-state index is 0.648. The summed E-state index contributed by atoms with van der Waals surface area (Å²) in [4.78, 5) is 4.31. The molecule has 3 nitrogen and oxygen atoms in total. The Balaban J connectivity index is 1.88. The van der Waals surface area contributed by atoms with Crippen LogP contribution in [-0.2, 0) is 6.54 Å². The Hall–Kier alpha value is -2.00. The van der Waals surface area contributed by atoms with E-state index in [4.69, 9.17) is 16.0 Å². The molecule has 96 valence electrons. The number of halogens is 1. The predicted octanol–water partition coefficient (Wildman–Crippen LogP) is 4.40. The summed E-state index contributed by atoms with van der Waals surface area (Å²) < 4.78 is 5.54. The lowest BCUT2D eigenvalue weighted by atomic mass is 10.2. The first-order valence-corrected chi connectivity index (χ1v) is 6.43. The zero-order valence-electron chi connectivity index (χ0n) is 10.5. The van der Waals surface area contributed by atoms with Gasteiger partial charge in [0.1, 0.15) is 11.5 Å². The molecule has 0 amide bonds. The lowest BCUT2D eigenvalue weighted by molar-refractivity contribution is 0.490. The summed E-state index contributed by atoms with van der Waals surface area (Å²) in [5.41, 5.74) is 1.91. The summed E-state index contributed by atoms with van der Waals surface area (Å²) in [5.74, 6) is 1.83. The van der Waals surface area contributed by atoms with Gasteiger partial charge >= 0.3 is 0 Å². The van der Waals surface area contributed by atoms with Crippen molar-refractivity contribution < 1.29 is 4.42 Å². The molecule has 0 spiro atoms. The Kier molecular flexibility index (Phi) is 3.13. The highest BCUT2D eigenvalue weighted by Crippen LogP contribution is 2.24. The molecule has 1 N–H and O–H groups in total. The number of benzene rings is 1. The van der Waals surface area contributed by atoms with Crippen molar-refractivity contribution in [2.24, 2.45) is 0 Å². The SMILES string of the molecule is Cc1ccc(CNc2ccnc3cc(Cl)ccc23)o1. The molecule has 0 saturated carbocycles. The van der Waals surface area contributed by atoms with E-state index >= 15 is 0 Å². The Labute approximate surface area is 116 Å². The highest BCUT2D eigenvalue weighted by atomic mass is 35.5. The molecule has 2 aromatic heterocycles. The van der Waals surface area contributed by atoms with E-state index in [1.807, 2.05) is 43.3 Å². The van der Waals surface area contributed by atoms with Crippen molar-refractivity contribution in [3.05, 3.63) is 59.1 Å². The maximum absolute atomic E-state index is 5.97. The quantitative estimate of drug-likeness (QED) is 0.768. The van der Waals surface area contributed by atoms with Crippen molar-refractivity contribution in [3.63, 3.8) is 0 Å². The fourth-order valence-electron chi connectivity index (χ4n) is 2.04. The highest BCUT2D eigenvalue weighted by molar-refractivity contribution is 6.31. The normalized spacial score (nSPS) is 10.8. The molecule has 4 heteroatoms. The summed E-state index contributed by atoms with van der Waals surface area (Å²) in [7, 11) is 0. The first kappa shape index (κ1) is 12.1. The van der Waals surface area contributed by atoms with Crippen molar-refractivity contribution in [3.8, 4) is 0 Å². The van der Waals surface area contributed by atoms with Crippen LogP contribution in [0.25, 0.3) is 10.9 Å². The van der Waals surface area contributed by atoms with Crippen LogP contribution < -0.4 is 5.32 Å². The van der Waals surface area contributed by atoms with E-state index in [1.165, 1.54) is 0 Å². The average molecular weight is 273 g/mol. The summed E-state index contributed by atoms with van der Waals surface area (Å²) in [6.45, 7) is 2.59. The Morgan fingerprint density at radius 2 is 2.11 bits per heavy atom. The third-order valence-electron chi connectivity index (χ3n) is 2.95. The standard InChI is InChI=1S/C15H13ClN2O/c1-10-2-4-12(19-10)9-18-14-6-7-17-15-8-11(16)3-5-13(14)15/h2-8H,9H2,1H3,(H,17,18). The molecule has 0 bridgehead atoms. The minimum absolute atomic E-state index is 0.648. The maximum Gasteiger partial charge on any atom is 0.123 e. The summed E-state index contributed by atoms with van der Waals surface area (Å²) in [5, 5.41) is 5.10. The first-order chi connectivity index (χ1) is 9.22. The predicted molar refractivity (Wildman–Crippen MR) is 77.5 cm³/mol. The van der Waals surface area contributed by atoms with Gasteiger partial charge in [0.2, 0.25) is 0 Å². The van der Waals surface area contributed by atoms with Gasteiger partial charge in [-0.1, -0.05) is 11.6 Å². The van der Waals surface area contributed by atoms with Gasteiger partial charge < -0.3 is 9.73 Å². The Morgan fingerprint density at radius 3 is 2.89 bits per heavy atom. The van der Waals surface area contributed by atoms with Crippen molar-refractivity contribution in [1.29, 1.82) is 0 Å². The van der Waals surface area contributed by atoms with E-state index in [9.17, 15) is 0 Å². The van der Waals surface area contributed by atoms with Crippen LogP contribution in [0.2, 0.25) is 5.02 Å². The zero-order chi connectivity index (χ0) is 13.2. The van der Waals surface area contributed by atoms with Gasteiger partial charge in [-0.3, -0.25) is 4.98 Å². The van der Waals surface area contributed by atoms with Crippen LogP contribution in [0.1, 0.15) is 11.5 Å². The molecule has 0 saturated heterocycles. The van der Waals surface area contributed by atoms with Crippen molar-refractivity contribution >= 4 is 28.2 Å². The largest absolute Gasteiger partial charge is 0.465 e. The fraction of sp³-hybridized carbons (Fsp3) is 0.133. The maximum atomic E-state index is 5.97. The van der Waals surface area contributed by atoms with E-state index in [-0.39, 0.29) is 0 Å². The molecule has 0 atom stereocenters. The highest BCUT2D eigenvalue weighted by Gasteiger charge is 2.04. The van der Waals surface area contributed by atoms with Gasteiger partial charge in [0, 0.05) is 22.3 Å². The molecule has 0 radical (unpaired) electrons. The van der Waals surface area contributed by atoms with Crippen molar-refractivity contribution in [2.45, 2.75) is 13.5 Å². The van der Waals surface area contributed by atoms with Crippen LogP contribution in [0.15, 0.2) is 47.0 Å². The number of pyridine rings is 1. The third-order valence-corrected chi connectivity index (χ3v) is 3.19. The summed E-state index contributed by atoms with van der Waals surface area (Å²) in [6.07, 6.45) is 1.77. The Bertz CT molecular complexity index is 721. The second-order valence-corrected chi connectivity index (χ2v) is 4.82. The molecule has 0 aliphatic rings. The Morgan fingerprint density at radius 1 is 1.21 bits per heavy atom. The number of aryl methyl sites for hydroxylation is 1. The number of nitrogens with one attached hydrogen (secondary N) is 1. The van der Waals surface area contributed by atoms with Gasteiger partial charge in [0.05, 0.1) is 12.1 Å². The molecule has 2 heterocycles. The number of fused-ring (bicyclic) bond motifs is 1. The number of hydrogen-bond acceptors (Lipinski definition) is 3. The fourth-order valence-corrected chi connectivity index (χ4v) is 2.20. The van der Waals surface area contributed by atoms with E-state index < -0.39 is 0 Å². The van der Waals surface area contributed by atoms with Crippen LogP contribution >= 0.6 is 11.6 Å².